The van der Waals surface area contributed by atoms with Gasteiger partial charge >= 0.3 is 0 Å². The van der Waals surface area contributed by atoms with Gasteiger partial charge < -0.3 is 0 Å². The number of hydrogen-bond acceptors (Lipinski definition) is 2. The maximum atomic E-state index is 8.17. The van der Waals surface area contributed by atoms with E-state index in [1.54, 1.807) is 0 Å². The van der Waals surface area contributed by atoms with Crippen LogP contribution in [0.25, 0.3) is 10.4 Å². The van der Waals surface area contributed by atoms with Crippen LogP contribution < -0.4 is 0 Å². The first-order valence-corrected chi connectivity index (χ1v) is 5.15. The molecule has 13 heavy (non-hydrogen) atoms. The second kappa shape index (κ2) is 3.99. The average molecular weight is 180 g/mol. The molecule has 0 unspecified atom stereocenters. The Hall–Kier alpha value is -0.730. The van der Waals surface area contributed by atoms with E-state index in [4.69, 9.17) is 5.53 Å². The lowest BCUT2D eigenvalue weighted by Gasteiger charge is -2.45. The molecule has 2 heterocycles. The van der Waals surface area contributed by atoms with Gasteiger partial charge in [-0.3, -0.25) is 4.90 Å². The number of fused-ring (bicyclic) bond motifs is 3. The zero-order chi connectivity index (χ0) is 9.10. The van der Waals surface area contributed by atoms with Crippen LogP contribution in [0.15, 0.2) is 5.11 Å². The van der Waals surface area contributed by atoms with Crippen LogP contribution in [0.2, 0.25) is 0 Å². The normalized spacial score (nSPS) is 32.9. The number of rotatable bonds is 3. The van der Waals surface area contributed by atoms with Crippen LogP contribution in [0.3, 0.4) is 0 Å². The molecule has 2 aliphatic heterocycles. The number of hydrogen-bond donors (Lipinski definition) is 0. The maximum Gasteiger partial charge on any atom is 0.0385 e. The number of nitrogens with zero attached hydrogens (tertiary/aromatic N) is 4. The fourth-order valence-electron chi connectivity index (χ4n) is 2.67. The van der Waals surface area contributed by atoms with Crippen LogP contribution in [-0.2, 0) is 0 Å². The summed E-state index contributed by atoms with van der Waals surface area (Å²) in [4.78, 5) is 5.29. The van der Waals surface area contributed by atoms with Crippen molar-refractivity contribution in [1.29, 1.82) is 0 Å². The van der Waals surface area contributed by atoms with E-state index in [2.05, 4.69) is 14.9 Å². The van der Waals surface area contributed by atoms with E-state index in [0.717, 1.165) is 18.5 Å². The van der Waals surface area contributed by atoms with Crippen molar-refractivity contribution in [2.45, 2.75) is 31.7 Å². The predicted molar refractivity (Wildman–Crippen MR) is 51.3 cm³/mol. The minimum atomic E-state index is 0.639. The molecule has 0 spiro atoms. The molecule has 0 aromatic heterocycles. The third-order valence-electron chi connectivity index (χ3n) is 3.38. The molecular formula is C9H16N4. The van der Waals surface area contributed by atoms with Crippen molar-refractivity contribution in [2.75, 3.05) is 19.6 Å². The Balaban J connectivity index is 1.83. The molecular weight excluding hydrogens is 164 g/mol. The zero-order valence-corrected chi connectivity index (χ0v) is 7.89. The lowest BCUT2D eigenvalue weighted by molar-refractivity contribution is 0.0519. The van der Waals surface area contributed by atoms with Crippen LogP contribution in [0.4, 0.5) is 0 Å². The molecule has 2 saturated heterocycles. The number of azide groups is 1. The highest BCUT2D eigenvalue weighted by atomic mass is 15.2. The van der Waals surface area contributed by atoms with E-state index < -0.39 is 0 Å². The average Bonchev–Trinajstić information content (AvgIpc) is 2.20. The molecule has 0 N–H and O–H groups in total. The Kier molecular flexibility index (Phi) is 2.71. The Morgan fingerprint density at radius 2 is 2.08 bits per heavy atom. The highest BCUT2D eigenvalue weighted by Crippen LogP contribution is 2.34. The van der Waals surface area contributed by atoms with Crippen molar-refractivity contribution in [1.82, 2.24) is 4.90 Å². The molecule has 72 valence electrons. The molecule has 4 nitrogen and oxygen atoms in total. The lowest BCUT2D eigenvalue weighted by atomic mass is 9.80. The molecule has 0 aromatic rings. The molecule has 0 amide bonds. The summed E-state index contributed by atoms with van der Waals surface area (Å²) < 4.78 is 0. The third kappa shape index (κ3) is 1.95. The smallest absolute Gasteiger partial charge is 0.0385 e. The van der Waals surface area contributed by atoms with E-state index in [1.165, 1.54) is 32.2 Å². The summed E-state index contributed by atoms with van der Waals surface area (Å²) in [6.07, 6.45) is 5.56. The molecule has 0 atom stereocenters. The topological polar surface area (TPSA) is 52.0 Å². The van der Waals surface area contributed by atoms with Crippen molar-refractivity contribution in [3.63, 3.8) is 0 Å². The Morgan fingerprint density at radius 3 is 2.62 bits per heavy atom. The van der Waals surface area contributed by atoms with Crippen LogP contribution in [0.1, 0.15) is 25.7 Å². The molecule has 2 bridgehead atoms. The Morgan fingerprint density at radius 1 is 1.31 bits per heavy atom. The second-order valence-electron chi connectivity index (χ2n) is 4.12. The molecule has 3 fully saturated rings. The van der Waals surface area contributed by atoms with Gasteiger partial charge in [0.05, 0.1) is 0 Å². The van der Waals surface area contributed by atoms with Gasteiger partial charge in [-0.2, -0.15) is 0 Å². The zero-order valence-electron chi connectivity index (χ0n) is 7.89. The van der Waals surface area contributed by atoms with Gasteiger partial charge in [0.2, 0.25) is 0 Å². The van der Waals surface area contributed by atoms with E-state index >= 15 is 0 Å². The number of piperidine rings is 2. The second-order valence-corrected chi connectivity index (χ2v) is 4.12. The van der Waals surface area contributed by atoms with E-state index in [0.29, 0.717) is 6.54 Å². The van der Waals surface area contributed by atoms with Crippen molar-refractivity contribution in [3.05, 3.63) is 10.4 Å². The molecule has 1 aliphatic carbocycles. The van der Waals surface area contributed by atoms with Crippen molar-refractivity contribution in [2.24, 2.45) is 11.0 Å². The molecule has 3 rings (SSSR count). The van der Waals surface area contributed by atoms with E-state index in [9.17, 15) is 0 Å². The monoisotopic (exact) mass is 180 g/mol. The maximum absolute atomic E-state index is 8.17. The fraction of sp³-hybridized carbons (Fsp3) is 1.00. The summed E-state index contributed by atoms with van der Waals surface area (Å²) in [5, 5.41) is 3.59. The van der Waals surface area contributed by atoms with Crippen LogP contribution in [0, 0.1) is 5.92 Å². The van der Waals surface area contributed by atoms with Crippen LogP contribution in [-0.4, -0.2) is 30.6 Å². The summed E-state index contributed by atoms with van der Waals surface area (Å²) in [5.74, 6) is 0.927. The Bertz CT molecular complexity index is 214. The standard InChI is InChI=1S/C9H16N4/c10-12-11-5-6-13-7-8-1-3-9(13)4-2-8/h8-9H,1-7H2. The largest absolute Gasteiger partial charge is 0.300 e. The predicted octanol–water partition coefficient (Wildman–Crippen LogP) is 2.17. The van der Waals surface area contributed by atoms with Gasteiger partial charge in [-0.15, -0.1) is 0 Å². The van der Waals surface area contributed by atoms with Gasteiger partial charge in [-0.1, -0.05) is 5.11 Å². The fourth-order valence-corrected chi connectivity index (χ4v) is 2.67. The van der Waals surface area contributed by atoms with E-state index in [1.807, 2.05) is 0 Å². The lowest BCUT2D eigenvalue weighted by Crippen LogP contribution is -2.48. The summed E-state index contributed by atoms with van der Waals surface area (Å²) >= 11 is 0. The SMILES string of the molecule is [N-]=[N+]=NCCN1CC2CCC1CC2. The first kappa shape index (κ1) is 8.85. The minimum Gasteiger partial charge on any atom is -0.300 e. The quantitative estimate of drug-likeness (QED) is 0.373. The molecule has 0 aromatic carbocycles. The van der Waals surface area contributed by atoms with Gasteiger partial charge in [0.1, 0.15) is 0 Å². The summed E-state index contributed by atoms with van der Waals surface area (Å²) in [5.41, 5.74) is 8.17. The molecule has 1 saturated carbocycles. The van der Waals surface area contributed by atoms with Crippen LogP contribution in [0.5, 0.6) is 0 Å². The summed E-state index contributed by atoms with van der Waals surface area (Å²) in [6, 6.07) is 0.791. The molecule has 3 aliphatic rings. The highest BCUT2D eigenvalue weighted by Gasteiger charge is 2.32. The highest BCUT2D eigenvalue weighted by molar-refractivity contribution is 4.87. The van der Waals surface area contributed by atoms with Gasteiger partial charge in [-0.05, 0) is 37.1 Å². The van der Waals surface area contributed by atoms with Gasteiger partial charge in [-0.25, -0.2) is 0 Å². The van der Waals surface area contributed by atoms with Crippen LogP contribution >= 0.6 is 0 Å². The third-order valence-corrected chi connectivity index (χ3v) is 3.38. The first-order valence-electron chi connectivity index (χ1n) is 5.15. The summed E-state index contributed by atoms with van der Waals surface area (Å²) in [7, 11) is 0. The van der Waals surface area contributed by atoms with Crippen molar-refractivity contribution >= 4 is 0 Å². The van der Waals surface area contributed by atoms with Crippen molar-refractivity contribution < 1.29 is 0 Å². The van der Waals surface area contributed by atoms with Gasteiger partial charge in [0.25, 0.3) is 0 Å². The molecule has 0 radical (unpaired) electrons. The minimum absolute atomic E-state index is 0.639. The van der Waals surface area contributed by atoms with Gasteiger partial charge in [0, 0.05) is 30.6 Å². The van der Waals surface area contributed by atoms with Gasteiger partial charge in [0.15, 0.2) is 0 Å². The molecule has 4 heteroatoms. The summed E-state index contributed by atoms with van der Waals surface area (Å²) in [6.45, 7) is 2.84. The van der Waals surface area contributed by atoms with Crippen molar-refractivity contribution in [3.8, 4) is 0 Å². The Labute approximate surface area is 78.5 Å². The van der Waals surface area contributed by atoms with E-state index in [-0.39, 0.29) is 0 Å². The first-order chi connectivity index (χ1) is 6.40.